The fourth-order valence-corrected chi connectivity index (χ4v) is 2.46. The van der Waals surface area contributed by atoms with Crippen molar-refractivity contribution in [3.8, 4) is 0 Å². The summed E-state index contributed by atoms with van der Waals surface area (Å²) in [6.45, 7) is 0.150. The first-order chi connectivity index (χ1) is 12.6. The average Bonchev–Trinajstić information content (AvgIpc) is 2.69. The van der Waals surface area contributed by atoms with Gasteiger partial charge in [0.25, 0.3) is 0 Å². The van der Waals surface area contributed by atoms with Crippen LogP contribution in [-0.4, -0.2) is 40.7 Å². The normalized spacial score (nSPS) is 13.0. The molecule has 0 aliphatic carbocycles. The van der Waals surface area contributed by atoms with E-state index < -0.39 is 18.3 Å². The highest BCUT2D eigenvalue weighted by Gasteiger charge is 2.19. The molecule has 140 valence electrons. The van der Waals surface area contributed by atoms with E-state index in [0.29, 0.717) is 12.0 Å². The van der Waals surface area contributed by atoms with Crippen LogP contribution in [0, 0.1) is 0 Å². The van der Waals surface area contributed by atoms with Gasteiger partial charge in [0.1, 0.15) is 18.8 Å². The fourth-order valence-electron chi connectivity index (χ4n) is 2.46. The molecule has 26 heavy (non-hydrogen) atoms. The van der Waals surface area contributed by atoms with Crippen LogP contribution in [0.4, 0.5) is 4.79 Å². The quantitative estimate of drug-likeness (QED) is 0.548. The first kappa shape index (κ1) is 19.9. The highest BCUT2D eigenvalue weighted by Crippen LogP contribution is 2.18. The maximum absolute atomic E-state index is 11.7. The van der Waals surface area contributed by atoms with Crippen LogP contribution in [0.25, 0.3) is 0 Å². The Morgan fingerprint density at radius 2 is 1.69 bits per heavy atom. The second kappa shape index (κ2) is 10.6. The molecule has 6 heteroatoms. The van der Waals surface area contributed by atoms with E-state index in [1.54, 1.807) is 12.1 Å². The van der Waals surface area contributed by atoms with E-state index >= 15 is 0 Å². The number of alkyl carbamates (subject to hydrolysis) is 1. The predicted molar refractivity (Wildman–Crippen MR) is 97.4 cm³/mol. The van der Waals surface area contributed by atoms with Gasteiger partial charge >= 0.3 is 6.09 Å². The first-order valence-electron chi connectivity index (χ1n) is 8.60. The van der Waals surface area contributed by atoms with Crippen LogP contribution < -0.4 is 5.32 Å². The lowest BCUT2D eigenvalue weighted by Gasteiger charge is -2.19. The minimum Gasteiger partial charge on any atom is -0.445 e. The van der Waals surface area contributed by atoms with Crippen LogP contribution in [0.2, 0.25) is 0 Å². The number of ether oxygens (including phenoxy) is 1. The van der Waals surface area contributed by atoms with Crippen molar-refractivity contribution in [3.05, 3.63) is 71.3 Å². The number of hydrogen-bond donors (Lipinski definition) is 4. The van der Waals surface area contributed by atoms with Crippen LogP contribution in [0.5, 0.6) is 0 Å². The van der Waals surface area contributed by atoms with Crippen LogP contribution in [-0.2, 0) is 17.8 Å². The second-order valence-electron chi connectivity index (χ2n) is 6.02. The molecule has 0 heterocycles. The molecule has 2 aromatic rings. The summed E-state index contributed by atoms with van der Waals surface area (Å²) in [5.74, 6) is 0. The van der Waals surface area contributed by atoms with E-state index in [4.69, 9.17) is 9.84 Å². The summed E-state index contributed by atoms with van der Waals surface area (Å²) >= 11 is 0. The van der Waals surface area contributed by atoms with Gasteiger partial charge in [-0.3, -0.25) is 0 Å². The first-order valence-corrected chi connectivity index (χ1v) is 8.60. The van der Waals surface area contributed by atoms with E-state index in [9.17, 15) is 15.0 Å². The van der Waals surface area contributed by atoms with Crippen molar-refractivity contribution in [1.29, 1.82) is 0 Å². The van der Waals surface area contributed by atoms with Gasteiger partial charge in [0, 0.05) is 13.2 Å². The molecule has 2 aromatic carbocycles. The number of nitrogens with one attached hydrogen (secondary N) is 1. The Morgan fingerprint density at radius 1 is 1.00 bits per heavy atom. The van der Waals surface area contributed by atoms with Gasteiger partial charge in [-0.25, -0.2) is 4.79 Å². The third-order valence-electron chi connectivity index (χ3n) is 3.98. The molecule has 0 aromatic heterocycles. The van der Waals surface area contributed by atoms with Crippen molar-refractivity contribution in [2.45, 2.75) is 31.7 Å². The Morgan fingerprint density at radius 3 is 2.35 bits per heavy atom. The number of rotatable bonds is 9. The minimum absolute atomic E-state index is 0.124. The van der Waals surface area contributed by atoms with Gasteiger partial charge in [0.15, 0.2) is 0 Å². The van der Waals surface area contributed by atoms with Gasteiger partial charge in [0.2, 0.25) is 0 Å². The summed E-state index contributed by atoms with van der Waals surface area (Å²) in [7, 11) is 0. The highest BCUT2D eigenvalue weighted by molar-refractivity contribution is 5.67. The number of benzene rings is 2. The van der Waals surface area contributed by atoms with Gasteiger partial charge in [-0.05, 0) is 29.5 Å². The zero-order valence-electron chi connectivity index (χ0n) is 14.5. The number of carbonyl (C=O) groups excluding carboxylic acids is 1. The number of aliphatic hydroxyl groups excluding tert-OH is 3. The Hall–Kier alpha value is -2.41. The maximum atomic E-state index is 11.7. The van der Waals surface area contributed by atoms with Crippen LogP contribution in [0.3, 0.4) is 0 Å². The third kappa shape index (κ3) is 6.48. The van der Waals surface area contributed by atoms with Crippen molar-refractivity contribution >= 4 is 6.09 Å². The lowest BCUT2D eigenvalue weighted by molar-refractivity contribution is 0.0184. The molecule has 4 N–H and O–H groups in total. The van der Waals surface area contributed by atoms with Gasteiger partial charge in [-0.2, -0.15) is 0 Å². The molecule has 6 nitrogen and oxygen atoms in total. The Bertz CT molecular complexity index is 660. The van der Waals surface area contributed by atoms with Crippen molar-refractivity contribution in [1.82, 2.24) is 5.32 Å². The zero-order valence-corrected chi connectivity index (χ0v) is 14.5. The van der Waals surface area contributed by atoms with E-state index in [-0.39, 0.29) is 19.8 Å². The molecule has 0 saturated heterocycles. The summed E-state index contributed by atoms with van der Waals surface area (Å²) < 4.78 is 5.05. The smallest absolute Gasteiger partial charge is 0.407 e. The average molecular weight is 359 g/mol. The van der Waals surface area contributed by atoms with Gasteiger partial charge in [-0.1, -0.05) is 54.6 Å². The molecular formula is C20H25NO5. The Balaban J connectivity index is 1.75. The summed E-state index contributed by atoms with van der Waals surface area (Å²) in [5.41, 5.74) is 2.47. The fraction of sp³-hybridized carbons (Fsp3) is 0.350. The predicted octanol–water partition coefficient (Wildman–Crippen LogP) is 1.93. The molecule has 2 unspecified atom stereocenters. The summed E-state index contributed by atoms with van der Waals surface area (Å²) in [4.78, 5) is 11.7. The Labute approximate surface area is 153 Å². The zero-order chi connectivity index (χ0) is 18.8. The number of aryl methyl sites for hydroxylation is 1. The van der Waals surface area contributed by atoms with E-state index in [0.717, 1.165) is 17.5 Å². The van der Waals surface area contributed by atoms with Gasteiger partial charge < -0.3 is 25.4 Å². The van der Waals surface area contributed by atoms with Gasteiger partial charge in [0.05, 0.1) is 0 Å². The Kier molecular flexibility index (Phi) is 8.08. The lowest BCUT2D eigenvalue weighted by atomic mass is 10.0. The van der Waals surface area contributed by atoms with Crippen LogP contribution in [0.15, 0.2) is 54.6 Å². The molecule has 0 spiro atoms. The van der Waals surface area contributed by atoms with E-state index in [1.165, 1.54) is 0 Å². The molecule has 0 radical (unpaired) electrons. The molecule has 2 rings (SSSR count). The standard InChI is InChI=1S/C20H25NO5/c22-12-4-7-15-8-10-17(11-9-15)19(24)18(23)13-21-20(25)26-14-16-5-2-1-3-6-16/h1-3,5-6,8-11,18-19,22-24H,4,7,12-14H2,(H,21,25). The molecule has 1 amide bonds. The maximum Gasteiger partial charge on any atom is 0.407 e. The summed E-state index contributed by atoms with van der Waals surface area (Å²) in [6, 6.07) is 16.4. The van der Waals surface area contributed by atoms with Crippen molar-refractivity contribution in [2.75, 3.05) is 13.2 Å². The summed E-state index contributed by atoms with van der Waals surface area (Å²) in [6.07, 6.45) is -1.48. The lowest BCUT2D eigenvalue weighted by Crippen LogP contribution is -2.35. The molecule has 0 bridgehead atoms. The summed E-state index contributed by atoms with van der Waals surface area (Å²) in [5, 5.41) is 31.5. The topological polar surface area (TPSA) is 99.0 Å². The van der Waals surface area contributed by atoms with Crippen molar-refractivity contribution in [2.24, 2.45) is 0 Å². The highest BCUT2D eigenvalue weighted by atomic mass is 16.5. The van der Waals surface area contributed by atoms with Crippen molar-refractivity contribution < 1.29 is 24.9 Å². The van der Waals surface area contributed by atoms with Gasteiger partial charge in [-0.15, -0.1) is 0 Å². The van der Waals surface area contributed by atoms with E-state index in [2.05, 4.69) is 5.32 Å². The molecule has 0 aliphatic heterocycles. The minimum atomic E-state index is -1.15. The molecular weight excluding hydrogens is 334 g/mol. The third-order valence-corrected chi connectivity index (χ3v) is 3.98. The SMILES string of the molecule is O=C(NCC(O)C(O)c1ccc(CCCO)cc1)OCc1ccccc1. The number of amides is 1. The molecule has 0 saturated carbocycles. The number of hydrogen-bond acceptors (Lipinski definition) is 5. The number of aliphatic hydroxyl groups is 3. The molecule has 2 atom stereocenters. The van der Waals surface area contributed by atoms with E-state index in [1.807, 2.05) is 42.5 Å². The van der Waals surface area contributed by atoms with Crippen LogP contribution >= 0.6 is 0 Å². The van der Waals surface area contributed by atoms with Crippen molar-refractivity contribution in [3.63, 3.8) is 0 Å². The largest absolute Gasteiger partial charge is 0.445 e. The van der Waals surface area contributed by atoms with Crippen LogP contribution in [0.1, 0.15) is 29.2 Å². The molecule has 0 fully saturated rings. The second-order valence-corrected chi connectivity index (χ2v) is 6.02. The molecule has 0 aliphatic rings. The monoisotopic (exact) mass is 359 g/mol. The number of carbonyl (C=O) groups is 1.